The number of nitrogens with zero attached hydrogens (tertiary/aromatic N) is 3. The number of ether oxygens (including phenoxy) is 3. The van der Waals surface area contributed by atoms with Crippen LogP contribution >= 0.6 is 0 Å². The molecule has 32 heavy (non-hydrogen) atoms. The molecule has 8 nitrogen and oxygen atoms in total. The van der Waals surface area contributed by atoms with Crippen LogP contribution in [0.4, 0.5) is 4.79 Å². The standard InChI is InChI=1S/C24H35N3O5/c1-18(2)17-31-24(29)27(4)14-9-7-6-8-13-26(3)16-21-23(28)32-22(25-21)19-11-10-12-20(15-19)30-5/h10-12,15-16,18H,6-9,13-14,17H2,1-5H3/b21-16+. The van der Waals surface area contributed by atoms with Crippen molar-refractivity contribution >= 4 is 18.0 Å². The molecule has 1 aromatic rings. The number of amides is 1. The maximum Gasteiger partial charge on any atom is 0.409 e. The van der Waals surface area contributed by atoms with E-state index in [-0.39, 0.29) is 17.7 Å². The number of benzene rings is 1. The molecule has 0 radical (unpaired) electrons. The molecule has 0 unspecified atom stereocenters. The van der Waals surface area contributed by atoms with Crippen LogP contribution in [0.2, 0.25) is 0 Å². The van der Waals surface area contributed by atoms with Crippen molar-refractivity contribution in [3.63, 3.8) is 0 Å². The van der Waals surface area contributed by atoms with E-state index < -0.39 is 5.97 Å². The van der Waals surface area contributed by atoms with Gasteiger partial charge in [0.25, 0.3) is 0 Å². The van der Waals surface area contributed by atoms with Crippen LogP contribution in [-0.4, -0.2) is 68.7 Å². The lowest BCUT2D eigenvalue weighted by molar-refractivity contribution is -0.130. The maximum absolute atomic E-state index is 12.2. The summed E-state index contributed by atoms with van der Waals surface area (Å²) >= 11 is 0. The molecule has 0 fully saturated rings. The number of carbonyl (C=O) groups is 2. The Labute approximate surface area is 190 Å². The third-order valence-corrected chi connectivity index (χ3v) is 4.89. The average molecular weight is 446 g/mol. The quantitative estimate of drug-likeness (QED) is 0.274. The molecule has 1 heterocycles. The number of rotatable bonds is 12. The van der Waals surface area contributed by atoms with Gasteiger partial charge in [0.15, 0.2) is 5.70 Å². The van der Waals surface area contributed by atoms with Crippen molar-refractivity contribution < 1.29 is 23.8 Å². The number of carbonyl (C=O) groups excluding carboxylic acids is 2. The molecule has 0 N–H and O–H groups in total. The molecular formula is C24H35N3O5. The first-order chi connectivity index (χ1) is 15.3. The van der Waals surface area contributed by atoms with Gasteiger partial charge in [0, 0.05) is 38.9 Å². The van der Waals surface area contributed by atoms with Gasteiger partial charge in [-0.1, -0.05) is 32.8 Å². The zero-order valence-electron chi connectivity index (χ0n) is 19.8. The minimum atomic E-state index is -0.456. The summed E-state index contributed by atoms with van der Waals surface area (Å²) in [5.74, 6) is 0.839. The summed E-state index contributed by atoms with van der Waals surface area (Å²) in [6.45, 7) is 5.96. The van der Waals surface area contributed by atoms with Gasteiger partial charge >= 0.3 is 12.1 Å². The Bertz CT molecular complexity index is 835. The molecule has 0 saturated heterocycles. The third kappa shape index (κ3) is 8.24. The summed E-state index contributed by atoms with van der Waals surface area (Å²) in [5, 5.41) is 0. The SMILES string of the molecule is COc1cccc(C2=N/C(=C/N(C)CCCCCCN(C)C(=O)OCC(C)C)C(=O)O2)c1. The summed E-state index contributed by atoms with van der Waals surface area (Å²) in [6, 6.07) is 7.25. The van der Waals surface area contributed by atoms with Crippen LogP contribution in [0.25, 0.3) is 0 Å². The zero-order chi connectivity index (χ0) is 23.5. The fourth-order valence-corrected chi connectivity index (χ4v) is 3.06. The van der Waals surface area contributed by atoms with Crippen LogP contribution < -0.4 is 4.74 Å². The number of esters is 1. The van der Waals surface area contributed by atoms with E-state index in [2.05, 4.69) is 4.99 Å². The minimum absolute atomic E-state index is 0.262. The molecule has 1 aliphatic heterocycles. The number of methoxy groups -OCH3 is 1. The van der Waals surface area contributed by atoms with Gasteiger partial charge < -0.3 is 24.0 Å². The molecule has 1 aliphatic rings. The van der Waals surface area contributed by atoms with Crippen molar-refractivity contribution in [3.05, 3.63) is 41.7 Å². The van der Waals surface area contributed by atoms with E-state index >= 15 is 0 Å². The highest BCUT2D eigenvalue weighted by Crippen LogP contribution is 2.20. The second-order valence-corrected chi connectivity index (χ2v) is 8.34. The number of hydrogen-bond donors (Lipinski definition) is 0. The third-order valence-electron chi connectivity index (χ3n) is 4.89. The van der Waals surface area contributed by atoms with E-state index in [0.717, 1.165) is 32.2 Å². The van der Waals surface area contributed by atoms with Crippen molar-refractivity contribution in [2.24, 2.45) is 10.9 Å². The molecule has 0 saturated carbocycles. The number of unbranched alkanes of at least 4 members (excludes halogenated alkanes) is 3. The Balaban J connectivity index is 1.71. The van der Waals surface area contributed by atoms with Crippen molar-refractivity contribution in [2.45, 2.75) is 39.5 Å². The minimum Gasteiger partial charge on any atom is -0.497 e. The first-order valence-electron chi connectivity index (χ1n) is 11.1. The van der Waals surface area contributed by atoms with Crippen LogP contribution in [0.15, 0.2) is 41.2 Å². The normalized spacial score (nSPS) is 14.4. The molecule has 1 aromatic carbocycles. The van der Waals surface area contributed by atoms with E-state index in [1.54, 1.807) is 31.3 Å². The first kappa shape index (κ1) is 25.2. The second kappa shape index (κ2) is 12.7. The van der Waals surface area contributed by atoms with E-state index in [4.69, 9.17) is 14.2 Å². The van der Waals surface area contributed by atoms with Crippen molar-refractivity contribution in [2.75, 3.05) is 40.9 Å². The lowest BCUT2D eigenvalue weighted by Gasteiger charge is -2.18. The largest absolute Gasteiger partial charge is 0.497 e. The average Bonchev–Trinajstić information content (AvgIpc) is 3.14. The van der Waals surface area contributed by atoms with Gasteiger partial charge in [-0.25, -0.2) is 14.6 Å². The molecule has 0 aliphatic carbocycles. The second-order valence-electron chi connectivity index (χ2n) is 8.34. The summed E-state index contributed by atoms with van der Waals surface area (Å²) < 4.78 is 15.7. The monoisotopic (exact) mass is 445 g/mol. The van der Waals surface area contributed by atoms with Crippen molar-refractivity contribution in [1.29, 1.82) is 0 Å². The molecule has 0 atom stereocenters. The van der Waals surface area contributed by atoms with E-state index in [1.807, 2.05) is 44.0 Å². The van der Waals surface area contributed by atoms with E-state index in [1.165, 1.54) is 0 Å². The van der Waals surface area contributed by atoms with Crippen molar-refractivity contribution in [3.8, 4) is 5.75 Å². The molecule has 1 amide bonds. The van der Waals surface area contributed by atoms with Gasteiger partial charge in [0.05, 0.1) is 13.7 Å². The molecule has 0 bridgehead atoms. The summed E-state index contributed by atoms with van der Waals surface area (Å²) in [4.78, 5) is 31.9. The first-order valence-corrected chi connectivity index (χ1v) is 11.1. The smallest absolute Gasteiger partial charge is 0.409 e. The van der Waals surface area contributed by atoms with Crippen LogP contribution in [0.1, 0.15) is 45.1 Å². The summed E-state index contributed by atoms with van der Waals surface area (Å²) in [5.41, 5.74) is 0.980. The van der Waals surface area contributed by atoms with Gasteiger partial charge in [-0.15, -0.1) is 0 Å². The topological polar surface area (TPSA) is 80.7 Å². The lowest BCUT2D eigenvalue weighted by atomic mass is 10.2. The highest BCUT2D eigenvalue weighted by Gasteiger charge is 2.24. The fourth-order valence-electron chi connectivity index (χ4n) is 3.06. The summed E-state index contributed by atoms with van der Waals surface area (Å²) in [6.07, 6.45) is 5.41. The Morgan fingerprint density at radius 1 is 1.16 bits per heavy atom. The zero-order valence-corrected chi connectivity index (χ0v) is 19.8. The van der Waals surface area contributed by atoms with E-state index in [0.29, 0.717) is 30.4 Å². The van der Waals surface area contributed by atoms with Crippen molar-refractivity contribution in [1.82, 2.24) is 9.80 Å². The Morgan fingerprint density at radius 2 is 1.88 bits per heavy atom. The van der Waals surface area contributed by atoms with Gasteiger partial charge in [0.2, 0.25) is 5.90 Å². The Hall–Kier alpha value is -3.03. The Morgan fingerprint density at radius 3 is 2.56 bits per heavy atom. The van der Waals surface area contributed by atoms with Gasteiger partial charge in [-0.05, 0) is 37.0 Å². The number of aliphatic imine (C=N–C) groups is 1. The molecule has 2 rings (SSSR count). The van der Waals surface area contributed by atoms with E-state index in [9.17, 15) is 9.59 Å². The molecular weight excluding hydrogens is 410 g/mol. The highest BCUT2D eigenvalue weighted by molar-refractivity contribution is 6.11. The predicted octanol–water partition coefficient (Wildman–Crippen LogP) is 4.06. The molecule has 176 valence electrons. The van der Waals surface area contributed by atoms with Crippen LogP contribution in [0.5, 0.6) is 5.75 Å². The molecule has 0 aromatic heterocycles. The predicted molar refractivity (Wildman–Crippen MR) is 124 cm³/mol. The molecule has 8 heteroatoms. The molecule has 0 spiro atoms. The Kier molecular flexibility index (Phi) is 10.0. The number of cyclic esters (lactones) is 1. The maximum atomic E-state index is 12.2. The van der Waals surface area contributed by atoms with Crippen LogP contribution in [0, 0.1) is 5.92 Å². The van der Waals surface area contributed by atoms with Gasteiger partial charge in [-0.3, -0.25) is 0 Å². The van der Waals surface area contributed by atoms with Gasteiger partial charge in [0.1, 0.15) is 5.75 Å². The fraction of sp³-hybridized carbons (Fsp3) is 0.542. The van der Waals surface area contributed by atoms with Gasteiger partial charge in [-0.2, -0.15) is 0 Å². The number of hydrogen-bond acceptors (Lipinski definition) is 7. The lowest BCUT2D eigenvalue weighted by Crippen LogP contribution is -2.29. The summed E-state index contributed by atoms with van der Waals surface area (Å²) in [7, 11) is 5.27. The highest BCUT2D eigenvalue weighted by atomic mass is 16.6. The van der Waals surface area contributed by atoms with Crippen LogP contribution in [0.3, 0.4) is 0 Å². The van der Waals surface area contributed by atoms with Crippen LogP contribution in [-0.2, 0) is 14.3 Å².